The van der Waals surface area contributed by atoms with Crippen molar-refractivity contribution in [2.24, 2.45) is 0 Å². The van der Waals surface area contributed by atoms with Gasteiger partial charge < -0.3 is 10.5 Å². The first-order valence-electron chi connectivity index (χ1n) is 5.51. The Bertz CT molecular complexity index is 592. The standard InChI is InChI=1S/C13H11BrN2O2S/c14-10-4-3-5-11(8-10)15-12(17)9-19-13-6-1-2-7-16(13)18/h1-8H,9H2,(H,15,17). The van der Waals surface area contributed by atoms with Crippen molar-refractivity contribution in [2.75, 3.05) is 11.1 Å². The number of rotatable bonds is 4. The Morgan fingerprint density at radius 1 is 1.32 bits per heavy atom. The summed E-state index contributed by atoms with van der Waals surface area (Å²) in [5, 5.41) is 14.7. The van der Waals surface area contributed by atoms with Gasteiger partial charge in [0.25, 0.3) is 5.03 Å². The van der Waals surface area contributed by atoms with E-state index >= 15 is 0 Å². The first kappa shape index (κ1) is 13.9. The number of hydrogen-bond donors (Lipinski definition) is 1. The summed E-state index contributed by atoms with van der Waals surface area (Å²) >= 11 is 4.54. The van der Waals surface area contributed by atoms with E-state index in [4.69, 9.17) is 0 Å². The average Bonchev–Trinajstić information content (AvgIpc) is 2.38. The van der Waals surface area contributed by atoms with Crippen LogP contribution in [0.3, 0.4) is 0 Å². The third-order valence-electron chi connectivity index (χ3n) is 2.25. The van der Waals surface area contributed by atoms with Crippen LogP contribution in [0.2, 0.25) is 0 Å². The van der Waals surface area contributed by atoms with Crippen LogP contribution in [0, 0.1) is 5.21 Å². The van der Waals surface area contributed by atoms with Crippen LogP contribution in [0.4, 0.5) is 5.69 Å². The van der Waals surface area contributed by atoms with Gasteiger partial charge >= 0.3 is 0 Å². The van der Waals surface area contributed by atoms with Gasteiger partial charge in [0.1, 0.15) is 0 Å². The van der Waals surface area contributed by atoms with Crippen molar-refractivity contribution in [3.05, 3.63) is 58.3 Å². The van der Waals surface area contributed by atoms with Crippen LogP contribution in [-0.4, -0.2) is 11.7 Å². The summed E-state index contributed by atoms with van der Waals surface area (Å²) in [5.41, 5.74) is 0.725. The minimum absolute atomic E-state index is 0.146. The van der Waals surface area contributed by atoms with E-state index in [9.17, 15) is 10.0 Å². The lowest BCUT2D eigenvalue weighted by atomic mass is 10.3. The lowest BCUT2D eigenvalue weighted by Gasteiger charge is -2.05. The van der Waals surface area contributed by atoms with Crippen LogP contribution >= 0.6 is 27.7 Å². The van der Waals surface area contributed by atoms with Gasteiger partial charge in [0.05, 0.1) is 5.75 Å². The molecule has 0 atom stereocenters. The number of nitrogens with one attached hydrogen (secondary N) is 1. The van der Waals surface area contributed by atoms with Gasteiger partial charge in [0.2, 0.25) is 5.91 Å². The first-order chi connectivity index (χ1) is 9.15. The van der Waals surface area contributed by atoms with E-state index in [-0.39, 0.29) is 11.7 Å². The molecule has 1 N–H and O–H groups in total. The number of pyridine rings is 1. The smallest absolute Gasteiger partial charge is 0.251 e. The summed E-state index contributed by atoms with van der Waals surface area (Å²) < 4.78 is 1.65. The molecule has 1 aromatic heterocycles. The van der Waals surface area contributed by atoms with Crippen molar-refractivity contribution in [3.63, 3.8) is 0 Å². The van der Waals surface area contributed by atoms with E-state index in [1.54, 1.807) is 18.2 Å². The fourth-order valence-electron chi connectivity index (χ4n) is 1.43. The fraction of sp³-hybridized carbons (Fsp3) is 0.0769. The Balaban J connectivity index is 1.90. The number of thioether (sulfide) groups is 1. The molecule has 6 heteroatoms. The molecule has 19 heavy (non-hydrogen) atoms. The number of aromatic nitrogens is 1. The van der Waals surface area contributed by atoms with Crippen molar-refractivity contribution >= 4 is 39.3 Å². The molecular formula is C13H11BrN2O2S. The highest BCUT2D eigenvalue weighted by Crippen LogP contribution is 2.17. The molecule has 0 saturated carbocycles. The molecule has 0 aliphatic carbocycles. The van der Waals surface area contributed by atoms with Gasteiger partial charge in [0, 0.05) is 22.3 Å². The zero-order valence-electron chi connectivity index (χ0n) is 9.88. The lowest BCUT2D eigenvalue weighted by molar-refractivity contribution is -0.645. The summed E-state index contributed by atoms with van der Waals surface area (Å²) in [5.74, 6) is 0.0469. The first-order valence-corrected chi connectivity index (χ1v) is 7.29. The summed E-state index contributed by atoms with van der Waals surface area (Å²) in [6.45, 7) is 0. The molecular weight excluding hydrogens is 328 g/mol. The maximum absolute atomic E-state index is 11.7. The molecule has 1 amide bonds. The lowest BCUT2D eigenvalue weighted by Crippen LogP contribution is -2.28. The number of halogens is 1. The molecule has 98 valence electrons. The highest BCUT2D eigenvalue weighted by molar-refractivity contribution is 9.10. The summed E-state index contributed by atoms with van der Waals surface area (Å²) in [7, 11) is 0. The second-order valence-corrected chi connectivity index (χ2v) is 5.62. The Labute approximate surface area is 123 Å². The highest BCUT2D eigenvalue weighted by Gasteiger charge is 2.09. The van der Waals surface area contributed by atoms with E-state index in [0.29, 0.717) is 5.03 Å². The molecule has 0 radical (unpaired) electrons. The number of carbonyl (C=O) groups excluding carboxylic acids is 1. The van der Waals surface area contributed by atoms with Gasteiger partial charge in [-0.25, -0.2) is 0 Å². The average molecular weight is 339 g/mol. The molecule has 0 saturated heterocycles. The van der Waals surface area contributed by atoms with Crippen LogP contribution < -0.4 is 10.0 Å². The number of anilines is 1. The predicted molar refractivity (Wildman–Crippen MR) is 78.9 cm³/mol. The van der Waals surface area contributed by atoms with Crippen LogP contribution in [0.5, 0.6) is 0 Å². The largest absolute Gasteiger partial charge is 0.618 e. The molecule has 0 aliphatic rings. The van der Waals surface area contributed by atoms with Crippen LogP contribution in [0.1, 0.15) is 0 Å². The minimum Gasteiger partial charge on any atom is -0.618 e. The van der Waals surface area contributed by atoms with Gasteiger partial charge in [-0.3, -0.25) is 4.79 Å². The second-order valence-electron chi connectivity index (χ2n) is 3.71. The van der Waals surface area contributed by atoms with Crippen LogP contribution in [0.25, 0.3) is 0 Å². The van der Waals surface area contributed by atoms with Crippen LogP contribution in [0.15, 0.2) is 58.2 Å². The number of nitrogens with zero attached hydrogens (tertiary/aromatic N) is 1. The van der Waals surface area contributed by atoms with E-state index in [2.05, 4.69) is 21.2 Å². The third kappa shape index (κ3) is 4.25. The Hall–Kier alpha value is -1.53. The topological polar surface area (TPSA) is 56.0 Å². The molecule has 0 spiro atoms. The fourth-order valence-corrected chi connectivity index (χ4v) is 2.54. The van der Waals surface area contributed by atoms with Gasteiger partial charge in [-0.05, 0) is 36.0 Å². The second kappa shape index (κ2) is 6.58. The molecule has 2 rings (SSSR count). The molecule has 1 heterocycles. The maximum atomic E-state index is 11.7. The summed E-state index contributed by atoms with van der Waals surface area (Å²) in [6.07, 6.45) is 1.41. The van der Waals surface area contributed by atoms with Crippen molar-refractivity contribution in [3.8, 4) is 0 Å². The highest BCUT2D eigenvalue weighted by atomic mass is 79.9. The third-order valence-corrected chi connectivity index (χ3v) is 3.76. The predicted octanol–water partition coefficient (Wildman–Crippen LogP) is 2.81. The van der Waals surface area contributed by atoms with E-state index < -0.39 is 0 Å². The molecule has 0 bridgehead atoms. The Kier molecular flexibility index (Phi) is 4.81. The van der Waals surface area contributed by atoms with Crippen molar-refractivity contribution in [1.29, 1.82) is 0 Å². The monoisotopic (exact) mass is 338 g/mol. The maximum Gasteiger partial charge on any atom is 0.251 e. The molecule has 0 aliphatic heterocycles. The summed E-state index contributed by atoms with van der Waals surface area (Å²) in [4.78, 5) is 11.7. The Morgan fingerprint density at radius 2 is 2.16 bits per heavy atom. The van der Waals surface area contributed by atoms with Crippen molar-refractivity contribution in [1.82, 2.24) is 0 Å². The number of benzene rings is 1. The van der Waals surface area contributed by atoms with E-state index in [0.717, 1.165) is 14.9 Å². The van der Waals surface area contributed by atoms with Gasteiger partial charge in [0.15, 0.2) is 6.20 Å². The normalized spacial score (nSPS) is 10.2. The summed E-state index contributed by atoms with van der Waals surface area (Å²) in [6, 6.07) is 12.5. The van der Waals surface area contributed by atoms with E-state index in [1.807, 2.05) is 24.3 Å². The SMILES string of the molecule is O=C(CSc1cccc[n+]1[O-])Nc1cccc(Br)c1. The Morgan fingerprint density at radius 3 is 2.89 bits per heavy atom. The van der Waals surface area contributed by atoms with Gasteiger partial charge in [-0.1, -0.05) is 22.0 Å². The molecule has 0 fully saturated rings. The van der Waals surface area contributed by atoms with E-state index in [1.165, 1.54) is 18.0 Å². The van der Waals surface area contributed by atoms with Crippen molar-refractivity contribution in [2.45, 2.75) is 5.03 Å². The number of hydrogen-bond acceptors (Lipinski definition) is 3. The van der Waals surface area contributed by atoms with Gasteiger partial charge in [-0.2, -0.15) is 4.73 Å². The minimum atomic E-state index is -0.146. The quantitative estimate of drug-likeness (QED) is 0.529. The number of amides is 1. The molecule has 4 nitrogen and oxygen atoms in total. The van der Waals surface area contributed by atoms with Crippen LogP contribution in [-0.2, 0) is 4.79 Å². The molecule has 0 unspecified atom stereocenters. The number of carbonyl (C=O) groups is 1. The molecule has 2 aromatic rings. The van der Waals surface area contributed by atoms with Gasteiger partial charge in [-0.15, -0.1) is 0 Å². The molecule has 1 aromatic carbocycles. The zero-order valence-corrected chi connectivity index (χ0v) is 12.3. The zero-order chi connectivity index (χ0) is 13.7. The van der Waals surface area contributed by atoms with Crippen molar-refractivity contribution < 1.29 is 9.52 Å².